The fourth-order valence-electron chi connectivity index (χ4n) is 2.48. The van der Waals surface area contributed by atoms with Crippen molar-refractivity contribution in [2.24, 2.45) is 0 Å². The highest BCUT2D eigenvalue weighted by atomic mass is 16.5. The van der Waals surface area contributed by atoms with Crippen LogP contribution in [-0.4, -0.2) is 23.0 Å². The molecule has 0 amide bonds. The SMILES string of the molecule is CCNc1ccc2nc(Cc3ccccc3OC)cn2c1. The quantitative estimate of drug-likeness (QED) is 0.779. The summed E-state index contributed by atoms with van der Waals surface area (Å²) in [7, 11) is 1.70. The summed E-state index contributed by atoms with van der Waals surface area (Å²) >= 11 is 0. The number of ether oxygens (including phenoxy) is 1. The molecule has 0 unspecified atom stereocenters. The summed E-state index contributed by atoms with van der Waals surface area (Å²) in [5.74, 6) is 0.905. The maximum atomic E-state index is 5.40. The first-order chi connectivity index (χ1) is 10.3. The first-order valence-electron chi connectivity index (χ1n) is 7.13. The Labute approximate surface area is 124 Å². The summed E-state index contributed by atoms with van der Waals surface area (Å²) in [5, 5.41) is 3.31. The van der Waals surface area contributed by atoms with Crippen LogP contribution in [0.3, 0.4) is 0 Å². The summed E-state index contributed by atoms with van der Waals surface area (Å²) in [5.41, 5.74) is 4.25. The van der Waals surface area contributed by atoms with E-state index < -0.39 is 0 Å². The minimum Gasteiger partial charge on any atom is -0.496 e. The molecule has 0 aliphatic rings. The molecule has 21 heavy (non-hydrogen) atoms. The monoisotopic (exact) mass is 281 g/mol. The van der Waals surface area contributed by atoms with Gasteiger partial charge in [-0.2, -0.15) is 0 Å². The van der Waals surface area contributed by atoms with Crippen molar-refractivity contribution in [3.8, 4) is 5.75 Å². The van der Waals surface area contributed by atoms with Gasteiger partial charge in [0.2, 0.25) is 0 Å². The molecule has 4 heteroatoms. The van der Waals surface area contributed by atoms with Gasteiger partial charge in [-0.15, -0.1) is 0 Å². The highest BCUT2D eigenvalue weighted by Crippen LogP contribution is 2.21. The molecule has 2 aromatic heterocycles. The third kappa shape index (κ3) is 2.84. The van der Waals surface area contributed by atoms with Crippen molar-refractivity contribution in [3.63, 3.8) is 0 Å². The number of hydrogen-bond acceptors (Lipinski definition) is 3. The van der Waals surface area contributed by atoms with Gasteiger partial charge >= 0.3 is 0 Å². The molecule has 3 rings (SSSR count). The van der Waals surface area contributed by atoms with E-state index in [0.717, 1.165) is 41.3 Å². The number of aromatic nitrogens is 2. The molecule has 0 atom stereocenters. The van der Waals surface area contributed by atoms with Gasteiger partial charge in [0.1, 0.15) is 11.4 Å². The Morgan fingerprint density at radius 1 is 1.14 bits per heavy atom. The van der Waals surface area contributed by atoms with Crippen LogP contribution in [0.2, 0.25) is 0 Å². The number of para-hydroxylation sites is 1. The fraction of sp³-hybridized carbons (Fsp3) is 0.235. The van der Waals surface area contributed by atoms with Crippen molar-refractivity contribution in [3.05, 3.63) is 60.0 Å². The fourth-order valence-corrected chi connectivity index (χ4v) is 2.48. The molecule has 4 nitrogen and oxygen atoms in total. The van der Waals surface area contributed by atoms with E-state index in [9.17, 15) is 0 Å². The molecule has 0 radical (unpaired) electrons. The highest BCUT2D eigenvalue weighted by molar-refractivity contribution is 5.51. The zero-order valence-electron chi connectivity index (χ0n) is 12.3. The van der Waals surface area contributed by atoms with Crippen LogP contribution in [0.4, 0.5) is 5.69 Å². The molecule has 2 heterocycles. The standard InChI is InChI=1S/C17H19N3O/c1-3-18-14-8-9-17-19-15(12-20(17)11-14)10-13-6-4-5-7-16(13)21-2/h4-9,11-12,18H,3,10H2,1-2H3. The number of fused-ring (bicyclic) bond motifs is 1. The van der Waals surface area contributed by atoms with E-state index >= 15 is 0 Å². The Morgan fingerprint density at radius 2 is 2.00 bits per heavy atom. The van der Waals surface area contributed by atoms with Crippen LogP contribution in [0, 0.1) is 0 Å². The molecule has 0 bridgehead atoms. The number of methoxy groups -OCH3 is 1. The summed E-state index contributed by atoms with van der Waals surface area (Å²) in [6.45, 7) is 3.00. The Kier molecular flexibility index (Phi) is 3.77. The van der Waals surface area contributed by atoms with Crippen molar-refractivity contribution in [1.82, 2.24) is 9.38 Å². The molecule has 0 fully saturated rings. The minimum absolute atomic E-state index is 0.766. The number of benzene rings is 1. The van der Waals surface area contributed by atoms with E-state index in [1.807, 2.05) is 24.3 Å². The van der Waals surface area contributed by atoms with Crippen LogP contribution in [0.5, 0.6) is 5.75 Å². The Morgan fingerprint density at radius 3 is 2.81 bits per heavy atom. The van der Waals surface area contributed by atoms with Gasteiger partial charge < -0.3 is 14.5 Å². The van der Waals surface area contributed by atoms with Gasteiger partial charge in [0.25, 0.3) is 0 Å². The molecular formula is C17H19N3O. The second kappa shape index (κ2) is 5.87. The van der Waals surface area contributed by atoms with E-state index in [1.54, 1.807) is 7.11 Å². The van der Waals surface area contributed by atoms with Crippen molar-refractivity contribution in [1.29, 1.82) is 0 Å². The predicted molar refractivity (Wildman–Crippen MR) is 85.2 cm³/mol. The zero-order chi connectivity index (χ0) is 14.7. The van der Waals surface area contributed by atoms with E-state index in [0.29, 0.717) is 0 Å². The molecule has 1 aromatic carbocycles. The average Bonchev–Trinajstić information content (AvgIpc) is 2.89. The summed E-state index contributed by atoms with van der Waals surface area (Å²) in [6, 6.07) is 12.1. The second-order valence-corrected chi connectivity index (χ2v) is 4.93. The Balaban J connectivity index is 1.90. The van der Waals surface area contributed by atoms with Crippen LogP contribution in [0.1, 0.15) is 18.2 Å². The van der Waals surface area contributed by atoms with E-state index in [-0.39, 0.29) is 0 Å². The lowest BCUT2D eigenvalue weighted by molar-refractivity contribution is 0.410. The van der Waals surface area contributed by atoms with Gasteiger partial charge in [0.05, 0.1) is 18.5 Å². The third-order valence-electron chi connectivity index (χ3n) is 3.45. The van der Waals surface area contributed by atoms with Crippen molar-refractivity contribution in [2.75, 3.05) is 19.0 Å². The number of nitrogens with zero attached hydrogens (tertiary/aromatic N) is 2. The molecule has 0 saturated heterocycles. The van der Waals surface area contributed by atoms with Gasteiger partial charge in [-0.1, -0.05) is 18.2 Å². The molecular weight excluding hydrogens is 262 g/mol. The summed E-state index contributed by atoms with van der Waals surface area (Å²) in [6.07, 6.45) is 4.91. The van der Waals surface area contributed by atoms with E-state index in [2.05, 4.69) is 46.2 Å². The number of rotatable bonds is 5. The summed E-state index contributed by atoms with van der Waals surface area (Å²) < 4.78 is 7.46. The number of nitrogens with one attached hydrogen (secondary N) is 1. The van der Waals surface area contributed by atoms with Crippen LogP contribution >= 0.6 is 0 Å². The number of anilines is 1. The minimum atomic E-state index is 0.766. The third-order valence-corrected chi connectivity index (χ3v) is 3.45. The van der Waals surface area contributed by atoms with Gasteiger partial charge in [-0.25, -0.2) is 4.98 Å². The van der Waals surface area contributed by atoms with Gasteiger partial charge in [-0.3, -0.25) is 0 Å². The lowest BCUT2D eigenvalue weighted by Crippen LogP contribution is -1.97. The number of hydrogen-bond donors (Lipinski definition) is 1. The molecule has 0 aliphatic heterocycles. The van der Waals surface area contributed by atoms with Crippen LogP contribution in [0.25, 0.3) is 5.65 Å². The van der Waals surface area contributed by atoms with E-state index in [4.69, 9.17) is 4.74 Å². The average molecular weight is 281 g/mol. The maximum Gasteiger partial charge on any atom is 0.137 e. The van der Waals surface area contributed by atoms with Crippen LogP contribution in [-0.2, 0) is 6.42 Å². The lowest BCUT2D eigenvalue weighted by Gasteiger charge is -2.05. The van der Waals surface area contributed by atoms with E-state index in [1.165, 1.54) is 0 Å². The maximum absolute atomic E-state index is 5.40. The van der Waals surface area contributed by atoms with Crippen LogP contribution < -0.4 is 10.1 Å². The predicted octanol–water partition coefficient (Wildman–Crippen LogP) is 3.37. The Bertz CT molecular complexity index is 749. The molecule has 3 aromatic rings. The highest BCUT2D eigenvalue weighted by Gasteiger charge is 2.07. The first kappa shape index (κ1) is 13.5. The number of imidazole rings is 1. The Hall–Kier alpha value is -2.49. The van der Waals surface area contributed by atoms with Crippen molar-refractivity contribution < 1.29 is 4.74 Å². The molecule has 0 saturated carbocycles. The molecule has 0 spiro atoms. The smallest absolute Gasteiger partial charge is 0.137 e. The molecule has 1 N–H and O–H groups in total. The van der Waals surface area contributed by atoms with Gasteiger partial charge in [0.15, 0.2) is 0 Å². The largest absolute Gasteiger partial charge is 0.496 e. The first-order valence-corrected chi connectivity index (χ1v) is 7.13. The van der Waals surface area contributed by atoms with Gasteiger partial charge in [0, 0.05) is 30.9 Å². The van der Waals surface area contributed by atoms with Gasteiger partial charge in [-0.05, 0) is 25.1 Å². The van der Waals surface area contributed by atoms with Crippen molar-refractivity contribution in [2.45, 2.75) is 13.3 Å². The van der Waals surface area contributed by atoms with Crippen LogP contribution in [0.15, 0.2) is 48.8 Å². The topological polar surface area (TPSA) is 38.6 Å². The zero-order valence-corrected chi connectivity index (χ0v) is 12.3. The number of pyridine rings is 1. The normalized spacial score (nSPS) is 10.8. The molecule has 0 aliphatic carbocycles. The lowest BCUT2D eigenvalue weighted by atomic mass is 10.1. The van der Waals surface area contributed by atoms with Crippen molar-refractivity contribution >= 4 is 11.3 Å². The second-order valence-electron chi connectivity index (χ2n) is 4.93. The molecule has 108 valence electrons. The summed E-state index contributed by atoms with van der Waals surface area (Å²) in [4.78, 5) is 4.66.